The van der Waals surface area contributed by atoms with Crippen molar-refractivity contribution >= 4 is 58.4 Å². The second-order valence-corrected chi connectivity index (χ2v) is 5.94. The smallest absolute Gasteiger partial charge is 0.413 e. The first kappa shape index (κ1) is 21.8. The molecule has 2 rings (SSSR count). The number of carbonyl (C=O) groups is 2. The molecule has 12 heteroatoms. The zero-order valence-electron chi connectivity index (χ0n) is 15.3. The Labute approximate surface area is 176 Å². The number of anilines is 2. The second kappa shape index (κ2) is 10.7. The number of benzene rings is 1. The van der Waals surface area contributed by atoms with E-state index in [0.29, 0.717) is 17.2 Å². The van der Waals surface area contributed by atoms with Gasteiger partial charge >= 0.3 is 12.2 Å². The first-order chi connectivity index (χ1) is 13.9. The van der Waals surface area contributed by atoms with Crippen LogP contribution in [0.5, 0.6) is 11.5 Å². The summed E-state index contributed by atoms with van der Waals surface area (Å²) >= 11 is 10.1. The van der Waals surface area contributed by atoms with E-state index < -0.39 is 12.2 Å². The third-order valence-electron chi connectivity index (χ3n) is 3.12. The van der Waals surface area contributed by atoms with Crippen molar-refractivity contribution in [2.45, 2.75) is 0 Å². The van der Waals surface area contributed by atoms with Crippen molar-refractivity contribution in [3.63, 3.8) is 0 Å². The SMILES string of the molecule is COC(=O)NC(=S)Nc1cc(Oc2ccccc2)cnc1NC(=S)NC(=O)OC. The minimum atomic E-state index is -0.746. The number of methoxy groups -OCH3 is 2. The van der Waals surface area contributed by atoms with Crippen molar-refractivity contribution in [2.75, 3.05) is 24.9 Å². The summed E-state index contributed by atoms with van der Waals surface area (Å²) in [5, 5.41) is 10.0. The predicted octanol–water partition coefficient (Wildman–Crippen LogP) is 2.98. The minimum Gasteiger partial charge on any atom is -0.456 e. The van der Waals surface area contributed by atoms with Crippen LogP contribution in [0.3, 0.4) is 0 Å². The maximum absolute atomic E-state index is 11.3. The van der Waals surface area contributed by atoms with Crippen LogP contribution < -0.4 is 26.0 Å². The number of amides is 2. The molecule has 0 saturated carbocycles. The summed E-state index contributed by atoms with van der Waals surface area (Å²) in [5.41, 5.74) is 0.314. The molecule has 0 aliphatic rings. The topological polar surface area (TPSA) is 123 Å². The highest BCUT2D eigenvalue weighted by Crippen LogP contribution is 2.28. The lowest BCUT2D eigenvalue weighted by atomic mass is 10.3. The molecule has 0 spiro atoms. The van der Waals surface area contributed by atoms with Crippen molar-refractivity contribution in [1.29, 1.82) is 0 Å². The zero-order chi connectivity index (χ0) is 21.2. The van der Waals surface area contributed by atoms with Gasteiger partial charge < -0.3 is 24.8 Å². The molecule has 29 heavy (non-hydrogen) atoms. The number of aromatic nitrogens is 1. The van der Waals surface area contributed by atoms with Crippen LogP contribution in [0.15, 0.2) is 42.6 Å². The highest BCUT2D eigenvalue weighted by Gasteiger charge is 2.13. The summed E-state index contributed by atoms with van der Waals surface area (Å²) in [6, 6.07) is 10.6. The highest BCUT2D eigenvalue weighted by molar-refractivity contribution is 7.80. The van der Waals surface area contributed by atoms with Crippen LogP contribution in [0.1, 0.15) is 0 Å². The summed E-state index contributed by atoms with van der Waals surface area (Å²) in [7, 11) is 2.41. The van der Waals surface area contributed by atoms with Gasteiger partial charge in [-0.3, -0.25) is 10.6 Å². The Balaban J connectivity index is 2.23. The van der Waals surface area contributed by atoms with Crippen molar-refractivity contribution in [3.05, 3.63) is 42.6 Å². The van der Waals surface area contributed by atoms with Gasteiger partial charge in [0.2, 0.25) is 0 Å². The van der Waals surface area contributed by atoms with Crippen molar-refractivity contribution < 1.29 is 23.8 Å². The number of nitrogens with zero attached hydrogens (tertiary/aromatic N) is 1. The maximum atomic E-state index is 11.3. The third-order valence-corrected chi connectivity index (χ3v) is 3.53. The zero-order valence-corrected chi connectivity index (χ0v) is 17.0. The van der Waals surface area contributed by atoms with E-state index in [0.717, 1.165) is 0 Å². The molecule has 0 unspecified atom stereocenters. The Morgan fingerprint density at radius 1 is 0.897 bits per heavy atom. The first-order valence-electron chi connectivity index (χ1n) is 7.96. The molecule has 0 aliphatic heterocycles. The van der Waals surface area contributed by atoms with E-state index in [9.17, 15) is 9.59 Å². The molecule has 2 amide bonds. The first-order valence-corrected chi connectivity index (χ1v) is 8.77. The summed E-state index contributed by atoms with van der Waals surface area (Å²) < 4.78 is 14.7. The molecule has 0 bridgehead atoms. The minimum absolute atomic E-state index is 0.0505. The number of nitrogens with one attached hydrogen (secondary N) is 4. The summed E-state index contributed by atoms with van der Waals surface area (Å²) in [4.78, 5) is 26.8. The number of carbonyl (C=O) groups excluding carboxylic acids is 2. The van der Waals surface area contributed by atoms with Crippen LogP contribution in [0.2, 0.25) is 0 Å². The number of alkyl carbamates (subject to hydrolysis) is 2. The summed E-state index contributed by atoms with van der Waals surface area (Å²) in [5.74, 6) is 1.19. The highest BCUT2D eigenvalue weighted by atomic mass is 32.1. The monoisotopic (exact) mass is 435 g/mol. The van der Waals surface area contributed by atoms with Gasteiger partial charge in [-0.25, -0.2) is 14.6 Å². The normalized spacial score (nSPS) is 9.59. The fraction of sp³-hybridized carbons (Fsp3) is 0.118. The molecule has 1 heterocycles. The number of para-hydroxylation sites is 1. The number of thiocarbonyl (C=S) groups is 2. The van der Waals surface area contributed by atoms with E-state index in [4.69, 9.17) is 29.2 Å². The van der Waals surface area contributed by atoms with Gasteiger partial charge in [0.15, 0.2) is 16.0 Å². The lowest BCUT2D eigenvalue weighted by Crippen LogP contribution is -2.36. The van der Waals surface area contributed by atoms with Crippen LogP contribution in [0.4, 0.5) is 21.1 Å². The molecule has 0 atom stereocenters. The molecule has 0 saturated heterocycles. The van der Waals surface area contributed by atoms with Gasteiger partial charge in [0.25, 0.3) is 0 Å². The van der Waals surface area contributed by atoms with Crippen molar-refractivity contribution in [3.8, 4) is 11.5 Å². The van der Waals surface area contributed by atoms with E-state index in [2.05, 4.69) is 35.7 Å². The number of hydrogen-bond donors (Lipinski definition) is 4. The Morgan fingerprint density at radius 2 is 1.48 bits per heavy atom. The molecule has 4 N–H and O–H groups in total. The van der Waals surface area contributed by atoms with E-state index in [-0.39, 0.29) is 16.0 Å². The van der Waals surface area contributed by atoms with Crippen molar-refractivity contribution in [1.82, 2.24) is 15.6 Å². The Kier molecular flexibility index (Phi) is 8.06. The number of ether oxygens (including phenoxy) is 3. The van der Waals surface area contributed by atoms with E-state index >= 15 is 0 Å². The average Bonchev–Trinajstić information content (AvgIpc) is 2.70. The Hall–Kier alpha value is -3.51. The third kappa shape index (κ3) is 7.20. The number of rotatable bonds is 4. The Bertz CT molecular complexity index is 910. The van der Waals surface area contributed by atoms with Gasteiger partial charge in [0, 0.05) is 6.07 Å². The lowest BCUT2D eigenvalue weighted by molar-refractivity contribution is 0.176. The second-order valence-electron chi connectivity index (χ2n) is 5.12. The predicted molar refractivity (Wildman–Crippen MR) is 114 cm³/mol. The molecule has 152 valence electrons. The number of hydrogen-bond acceptors (Lipinski definition) is 8. The standard InChI is InChI=1S/C17H17N5O5S2/c1-25-16(23)21-14(28)19-12-8-11(27-10-6-4-3-5-7-10)9-18-13(12)20-15(29)22-17(24)26-2/h3-9H,1-2H3,(H2,19,21,23,28)(H2,18,20,22,24,29). The fourth-order valence-corrected chi connectivity index (χ4v) is 2.27. The van der Waals surface area contributed by atoms with Gasteiger partial charge in [0.1, 0.15) is 11.5 Å². The lowest BCUT2D eigenvalue weighted by Gasteiger charge is -2.16. The fourth-order valence-electron chi connectivity index (χ4n) is 1.90. The molecular weight excluding hydrogens is 418 g/mol. The van der Waals surface area contributed by atoms with Crippen LogP contribution >= 0.6 is 24.4 Å². The van der Waals surface area contributed by atoms with Gasteiger partial charge in [-0.1, -0.05) is 18.2 Å². The molecule has 10 nitrogen and oxygen atoms in total. The molecule has 0 aliphatic carbocycles. The quantitative estimate of drug-likeness (QED) is 0.533. The van der Waals surface area contributed by atoms with Crippen LogP contribution in [0, 0.1) is 0 Å². The molecule has 1 aromatic heterocycles. The van der Waals surface area contributed by atoms with Crippen LogP contribution in [0.25, 0.3) is 0 Å². The van der Waals surface area contributed by atoms with E-state index in [1.54, 1.807) is 18.2 Å². The summed E-state index contributed by atoms with van der Waals surface area (Å²) in [6.07, 6.45) is -0.0497. The van der Waals surface area contributed by atoms with Gasteiger partial charge in [0.05, 0.1) is 26.1 Å². The van der Waals surface area contributed by atoms with Gasteiger partial charge in [-0.05, 0) is 36.6 Å². The Morgan fingerprint density at radius 3 is 2.07 bits per heavy atom. The molecule has 1 aromatic carbocycles. The van der Waals surface area contributed by atoms with Gasteiger partial charge in [-0.2, -0.15) is 0 Å². The van der Waals surface area contributed by atoms with Gasteiger partial charge in [-0.15, -0.1) is 0 Å². The van der Waals surface area contributed by atoms with E-state index in [1.807, 2.05) is 18.2 Å². The van der Waals surface area contributed by atoms with E-state index in [1.165, 1.54) is 20.4 Å². The molecule has 0 fully saturated rings. The largest absolute Gasteiger partial charge is 0.456 e. The summed E-state index contributed by atoms with van der Waals surface area (Å²) in [6.45, 7) is 0. The van der Waals surface area contributed by atoms with Crippen LogP contribution in [-0.2, 0) is 9.47 Å². The molecular formula is C17H17N5O5S2. The molecule has 2 aromatic rings. The average molecular weight is 435 g/mol. The molecule has 0 radical (unpaired) electrons. The maximum Gasteiger partial charge on any atom is 0.413 e. The van der Waals surface area contributed by atoms with Crippen molar-refractivity contribution in [2.24, 2.45) is 0 Å². The van der Waals surface area contributed by atoms with Crippen LogP contribution in [-0.4, -0.2) is 41.6 Å². The number of pyridine rings is 1.